The lowest BCUT2D eigenvalue weighted by molar-refractivity contribution is 0.0732. The summed E-state index contributed by atoms with van der Waals surface area (Å²) in [6.45, 7) is 8.47. The highest BCUT2D eigenvalue weighted by atomic mass is 16.2. The standard InChI is InChI=1S/C20H26N4O/c1-3-24(20(25)19-9-11-21-16(2)22-19)15-18-10-12-23(14-18)13-17-7-5-4-6-8-17/h4-9,11,18H,3,10,12-15H2,1-2H3. The van der Waals surface area contributed by atoms with Crippen LogP contribution in [0.3, 0.4) is 0 Å². The summed E-state index contributed by atoms with van der Waals surface area (Å²) < 4.78 is 0. The van der Waals surface area contributed by atoms with Gasteiger partial charge in [0, 0.05) is 32.4 Å². The summed E-state index contributed by atoms with van der Waals surface area (Å²) in [5.41, 5.74) is 1.84. The maximum atomic E-state index is 12.7. The molecule has 25 heavy (non-hydrogen) atoms. The van der Waals surface area contributed by atoms with Crippen molar-refractivity contribution in [1.82, 2.24) is 19.8 Å². The molecule has 1 unspecified atom stereocenters. The number of aromatic nitrogens is 2. The predicted molar refractivity (Wildman–Crippen MR) is 98.2 cm³/mol. The maximum absolute atomic E-state index is 12.7. The molecule has 1 saturated heterocycles. The Morgan fingerprint density at radius 3 is 2.80 bits per heavy atom. The molecule has 0 aliphatic carbocycles. The quantitative estimate of drug-likeness (QED) is 0.813. The molecule has 3 rings (SSSR count). The normalized spacial score (nSPS) is 17.6. The van der Waals surface area contributed by atoms with E-state index in [-0.39, 0.29) is 5.91 Å². The van der Waals surface area contributed by atoms with E-state index in [9.17, 15) is 4.79 Å². The Kier molecular flexibility index (Phi) is 5.76. The van der Waals surface area contributed by atoms with Crippen molar-refractivity contribution in [3.63, 3.8) is 0 Å². The van der Waals surface area contributed by atoms with E-state index in [1.165, 1.54) is 5.56 Å². The maximum Gasteiger partial charge on any atom is 0.272 e. The molecule has 0 radical (unpaired) electrons. The van der Waals surface area contributed by atoms with Crippen LogP contribution in [0.4, 0.5) is 0 Å². The predicted octanol–water partition coefficient (Wildman–Crippen LogP) is 2.77. The zero-order valence-corrected chi connectivity index (χ0v) is 15.1. The van der Waals surface area contributed by atoms with Crippen LogP contribution in [0.25, 0.3) is 0 Å². The number of amides is 1. The molecule has 1 atom stereocenters. The third-order valence-corrected chi connectivity index (χ3v) is 4.76. The molecule has 132 valence electrons. The van der Waals surface area contributed by atoms with Crippen LogP contribution >= 0.6 is 0 Å². The summed E-state index contributed by atoms with van der Waals surface area (Å²) in [6, 6.07) is 12.3. The number of hydrogen-bond acceptors (Lipinski definition) is 4. The first-order valence-corrected chi connectivity index (χ1v) is 9.01. The van der Waals surface area contributed by atoms with E-state index in [1.54, 1.807) is 12.3 Å². The van der Waals surface area contributed by atoms with Gasteiger partial charge in [0.2, 0.25) is 0 Å². The molecule has 0 N–H and O–H groups in total. The summed E-state index contributed by atoms with van der Waals surface area (Å²) in [5, 5.41) is 0. The van der Waals surface area contributed by atoms with E-state index >= 15 is 0 Å². The number of rotatable bonds is 6. The largest absolute Gasteiger partial charge is 0.337 e. The van der Waals surface area contributed by atoms with Gasteiger partial charge >= 0.3 is 0 Å². The molecule has 2 heterocycles. The lowest BCUT2D eigenvalue weighted by Gasteiger charge is -2.24. The zero-order valence-electron chi connectivity index (χ0n) is 15.1. The van der Waals surface area contributed by atoms with Gasteiger partial charge in [-0.3, -0.25) is 9.69 Å². The summed E-state index contributed by atoms with van der Waals surface area (Å²) in [4.78, 5) is 25.5. The average molecular weight is 338 g/mol. The second-order valence-corrected chi connectivity index (χ2v) is 6.71. The number of carbonyl (C=O) groups is 1. The first-order chi connectivity index (χ1) is 12.2. The first kappa shape index (κ1) is 17.5. The molecule has 0 bridgehead atoms. The fourth-order valence-electron chi connectivity index (χ4n) is 3.45. The minimum Gasteiger partial charge on any atom is -0.337 e. The number of likely N-dealkylation sites (tertiary alicyclic amines) is 1. The average Bonchev–Trinajstić information content (AvgIpc) is 3.07. The Labute approximate surface area is 149 Å². The molecule has 1 aliphatic rings. The molecule has 5 heteroatoms. The zero-order chi connectivity index (χ0) is 17.6. The van der Waals surface area contributed by atoms with Crippen LogP contribution in [0.5, 0.6) is 0 Å². The minimum absolute atomic E-state index is 0.00880. The van der Waals surface area contributed by atoms with Crippen molar-refractivity contribution >= 4 is 5.91 Å². The molecular weight excluding hydrogens is 312 g/mol. The van der Waals surface area contributed by atoms with Gasteiger partial charge in [-0.25, -0.2) is 9.97 Å². The van der Waals surface area contributed by atoms with Gasteiger partial charge in [0.25, 0.3) is 5.91 Å². The highest BCUT2D eigenvalue weighted by molar-refractivity contribution is 5.92. The smallest absolute Gasteiger partial charge is 0.272 e. The van der Waals surface area contributed by atoms with Gasteiger partial charge in [-0.2, -0.15) is 0 Å². The van der Waals surface area contributed by atoms with Crippen LogP contribution < -0.4 is 0 Å². The van der Waals surface area contributed by atoms with Crippen LogP contribution in [0.1, 0.15) is 35.2 Å². The van der Waals surface area contributed by atoms with Crippen molar-refractivity contribution in [2.45, 2.75) is 26.8 Å². The van der Waals surface area contributed by atoms with Gasteiger partial charge in [-0.1, -0.05) is 30.3 Å². The van der Waals surface area contributed by atoms with Crippen molar-refractivity contribution in [3.05, 3.63) is 59.7 Å². The van der Waals surface area contributed by atoms with Crippen LogP contribution in [0, 0.1) is 12.8 Å². The van der Waals surface area contributed by atoms with Crippen molar-refractivity contribution in [2.75, 3.05) is 26.2 Å². The SMILES string of the molecule is CCN(CC1CCN(Cc2ccccc2)C1)C(=O)c1ccnc(C)n1. The Morgan fingerprint density at radius 1 is 1.28 bits per heavy atom. The molecule has 0 spiro atoms. The second kappa shape index (κ2) is 8.21. The highest BCUT2D eigenvalue weighted by Gasteiger charge is 2.26. The van der Waals surface area contributed by atoms with Gasteiger partial charge < -0.3 is 4.90 Å². The molecule has 1 aliphatic heterocycles. The number of carbonyl (C=O) groups excluding carboxylic acids is 1. The lowest BCUT2D eigenvalue weighted by Crippen LogP contribution is -2.36. The number of hydrogen-bond donors (Lipinski definition) is 0. The van der Waals surface area contributed by atoms with E-state index in [4.69, 9.17) is 0 Å². The minimum atomic E-state index is 0.00880. The highest BCUT2D eigenvalue weighted by Crippen LogP contribution is 2.20. The molecule has 5 nitrogen and oxygen atoms in total. The number of benzene rings is 1. The molecule has 1 aromatic heterocycles. The Balaban J connectivity index is 1.56. The van der Waals surface area contributed by atoms with Crippen molar-refractivity contribution in [3.8, 4) is 0 Å². The Bertz CT molecular complexity index is 704. The van der Waals surface area contributed by atoms with E-state index in [1.807, 2.05) is 18.7 Å². The lowest BCUT2D eigenvalue weighted by atomic mass is 10.1. The fraction of sp³-hybridized carbons (Fsp3) is 0.450. The van der Waals surface area contributed by atoms with Crippen molar-refractivity contribution < 1.29 is 4.79 Å². The molecule has 1 amide bonds. The fourth-order valence-corrected chi connectivity index (χ4v) is 3.45. The summed E-state index contributed by atoms with van der Waals surface area (Å²) in [5.74, 6) is 1.17. The molecule has 1 fully saturated rings. The molecular formula is C20H26N4O. The number of nitrogens with zero attached hydrogens (tertiary/aromatic N) is 4. The number of aryl methyl sites for hydroxylation is 1. The van der Waals surface area contributed by atoms with Gasteiger partial charge in [0.15, 0.2) is 0 Å². The molecule has 2 aromatic rings. The van der Waals surface area contributed by atoms with Gasteiger partial charge in [-0.05, 0) is 44.4 Å². The van der Waals surface area contributed by atoms with Crippen LogP contribution in [0.2, 0.25) is 0 Å². The third-order valence-electron chi connectivity index (χ3n) is 4.76. The first-order valence-electron chi connectivity index (χ1n) is 9.01. The third kappa shape index (κ3) is 4.63. The van der Waals surface area contributed by atoms with Gasteiger partial charge in [0.1, 0.15) is 11.5 Å². The Hall–Kier alpha value is -2.27. The van der Waals surface area contributed by atoms with Gasteiger partial charge in [-0.15, -0.1) is 0 Å². The topological polar surface area (TPSA) is 49.3 Å². The summed E-state index contributed by atoms with van der Waals surface area (Å²) in [6.07, 6.45) is 2.79. The summed E-state index contributed by atoms with van der Waals surface area (Å²) in [7, 11) is 0. The Morgan fingerprint density at radius 2 is 2.08 bits per heavy atom. The molecule has 0 saturated carbocycles. The van der Waals surface area contributed by atoms with Crippen molar-refractivity contribution in [2.24, 2.45) is 5.92 Å². The second-order valence-electron chi connectivity index (χ2n) is 6.71. The van der Waals surface area contributed by atoms with E-state index < -0.39 is 0 Å². The van der Waals surface area contributed by atoms with E-state index in [0.717, 1.165) is 32.6 Å². The van der Waals surface area contributed by atoms with Crippen LogP contribution in [-0.2, 0) is 6.54 Å². The van der Waals surface area contributed by atoms with Crippen LogP contribution in [0.15, 0.2) is 42.6 Å². The van der Waals surface area contributed by atoms with Crippen LogP contribution in [-0.4, -0.2) is 51.9 Å². The molecule has 1 aromatic carbocycles. The van der Waals surface area contributed by atoms with Gasteiger partial charge in [0.05, 0.1) is 0 Å². The summed E-state index contributed by atoms with van der Waals surface area (Å²) >= 11 is 0. The van der Waals surface area contributed by atoms with E-state index in [2.05, 4.69) is 45.2 Å². The van der Waals surface area contributed by atoms with Crippen molar-refractivity contribution in [1.29, 1.82) is 0 Å². The monoisotopic (exact) mass is 338 g/mol. The van der Waals surface area contributed by atoms with E-state index in [0.29, 0.717) is 24.0 Å².